The molecule has 0 radical (unpaired) electrons. The summed E-state index contributed by atoms with van der Waals surface area (Å²) in [5.74, 6) is 0. The second-order valence-electron chi connectivity index (χ2n) is 3.25. The van der Waals surface area contributed by atoms with E-state index in [0.29, 0.717) is 25.8 Å². The van der Waals surface area contributed by atoms with Crippen LogP contribution in [0, 0.1) is 0 Å². The number of nitrogen functional groups attached to an aromatic ring is 1. The summed E-state index contributed by atoms with van der Waals surface area (Å²) in [7, 11) is 3.32. The van der Waals surface area contributed by atoms with Crippen LogP contribution in [0.3, 0.4) is 0 Å². The van der Waals surface area contributed by atoms with Crippen LogP contribution in [0.15, 0.2) is 4.42 Å². The number of anilines is 2. The molecule has 7 nitrogen and oxygen atoms in total. The van der Waals surface area contributed by atoms with Gasteiger partial charge in [-0.25, -0.2) is 0 Å². The third-order valence-electron chi connectivity index (χ3n) is 2.04. The lowest BCUT2D eigenvalue weighted by Crippen LogP contribution is -2.29. The van der Waals surface area contributed by atoms with Gasteiger partial charge in [0.2, 0.25) is 0 Å². The van der Waals surface area contributed by atoms with Crippen LogP contribution in [-0.4, -0.2) is 50.7 Å². The Labute approximate surface area is 94.5 Å². The fourth-order valence-electron chi connectivity index (χ4n) is 1.26. The van der Waals surface area contributed by atoms with Crippen LogP contribution in [0.2, 0.25) is 0 Å². The maximum absolute atomic E-state index is 5.38. The predicted molar refractivity (Wildman–Crippen MR) is 59.3 cm³/mol. The van der Waals surface area contributed by atoms with Crippen LogP contribution in [0.1, 0.15) is 6.42 Å². The Hall–Kier alpha value is -1.34. The standard InChI is InChI=1S/C9H18N4O3/c1-14-6-3-4-13(5-7-15-2)9-12-11-8(10)16-9/h3-7H2,1-2H3,(H2,10,11). The first kappa shape index (κ1) is 12.7. The number of ether oxygens (including phenoxy) is 2. The zero-order valence-corrected chi connectivity index (χ0v) is 9.68. The third-order valence-corrected chi connectivity index (χ3v) is 2.04. The lowest BCUT2D eigenvalue weighted by Gasteiger charge is -2.19. The molecule has 0 aliphatic carbocycles. The highest BCUT2D eigenvalue weighted by Gasteiger charge is 2.12. The van der Waals surface area contributed by atoms with Crippen molar-refractivity contribution < 1.29 is 13.9 Å². The van der Waals surface area contributed by atoms with Crippen LogP contribution < -0.4 is 10.6 Å². The van der Waals surface area contributed by atoms with Crippen LogP contribution in [-0.2, 0) is 9.47 Å². The van der Waals surface area contributed by atoms with Gasteiger partial charge in [-0.15, -0.1) is 0 Å². The molecular weight excluding hydrogens is 212 g/mol. The first-order valence-corrected chi connectivity index (χ1v) is 5.09. The van der Waals surface area contributed by atoms with Crippen LogP contribution >= 0.6 is 0 Å². The second kappa shape index (κ2) is 7.02. The first-order valence-electron chi connectivity index (χ1n) is 5.09. The molecule has 92 valence electrons. The Bertz CT molecular complexity index is 292. The highest BCUT2D eigenvalue weighted by Crippen LogP contribution is 2.13. The zero-order chi connectivity index (χ0) is 11.8. The summed E-state index contributed by atoms with van der Waals surface area (Å²) in [6, 6.07) is 0.495. The van der Waals surface area contributed by atoms with Gasteiger partial charge < -0.3 is 24.5 Å². The molecule has 1 aromatic heterocycles. The van der Waals surface area contributed by atoms with Gasteiger partial charge in [0.1, 0.15) is 0 Å². The number of hydrogen-bond donors (Lipinski definition) is 1. The summed E-state index contributed by atoms with van der Waals surface area (Å²) < 4.78 is 15.2. The molecule has 0 saturated heterocycles. The summed E-state index contributed by atoms with van der Waals surface area (Å²) in [6.45, 7) is 2.73. The molecule has 7 heteroatoms. The van der Waals surface area contributed by atoms with Gasteiger partial charge in [0.25, 0.3) is 0 Å². The molecule has 0 amide bonds. The Morgan fingerprint density at radius 3 is 2.50 bits per heavy atom. The van der Waals surface area contributed by atoms with E-state index in [1.165, 1.54) is 0 Å². The minimum Gasteiger partial charge on any atom is -0.390 e. The van der Waals surface area contributed by atoms with Gasteiger partial charge in [-0.1, -0.05) is 10.2 Å². The van der Waals surface area contributed by atoms with Crippen molar-refractivity contribution >= 4 is 12.0 Å². The van der Waals surface area contributed by atoms with Gasteiger partial charge >= 0.3 is 12.0 Å². The monoisotopic (exact) mass is 230 g/mol. The van der Waals surface area contributed by atoms with Crippen molar-refractivity contribution in [3.63, 3.8) is 0 Å². The van der Waals surface area contributed by atoms with Crippen molar-refractivity contribution in [1.29, 1.82) is 0 Å². The van der Waals surface area contributed by atoms with Gasteiger partial charge in [0.05, 0.1) is 6.61 Å². The number of aromatic nitrogens is 2. The summed E-state index contributed by atoms with van der Waals surface area (Å²) >= 11 is 0. The SMILES string of the molecule is COCCCN(CCOC)c1nnc(N)o1. The normalized spacial score (nSPS) is 10.6. The van der Waals surface area contributed by atoms with Crippen molar-refractivity contribution in [2.75, 3.05) is 51.2 Å². The second-order valence-corrected chi connectivity index (χ2v) is 3.25. The molecule has 0 aromatic carbocycles. The summed E-state index contributed by atoms with van der Waals surface area (Å²) in [4.78, 5) is 1.92. The molecule has 0 unspecified atom stereocenters. The molecule has 0 fully saturated rings. The average Bonchev–Trinajstić information content (AvgIpc) is 2.70. The molecule has 1 aromatic rings. The van der Waals surface area contributed by atoms with Crippen molar-refractivity contribution in [1.82, 2.24) is 10.2 Å². The van der Waals surface area contributed by atoms with Crippen LogP contribution in [0.5, 0.6) is 0 Å². The first-order chi connectivity index (χ1) is 7.77. The lowest BCUT2D eigenvalue weighted by atomic mass is 10.4. The Morgan fingerprint density at radius 2 is 1.94 bits per heavy atom. The number of methoxy groups -OCH3 is 2. The Morgan fingerprint density at radius 1 is 1.19 bits per heavy atom. The Balaban J connectivity index is 2.49. The van der Waals surface area contributed by atoms with E-state index in [2.05, 4.69) is 10.2 Å². The lowest BCUT2D eigenvalue weighted by molar-refractivity contribution is 0.190. The van der Waals surface area contributed by atoms with Gasteiger partial charge in [-0.05, 0) is 6.42 Å². The van der Waals surface area contributed by atoms with Crippen molar-refractivity contribution in [3.05, 3.63) is 0 Å². The highest BCUT2D eigenvalue weighted by atomic mass is 16.5. The molecule has 16 heavy (non-hydrogen) atoms. The molecule has 1 heterocycles. The summed E-state index contributed by atoms with van der Waals surface area (Å²) in [5.41, 5.74) is 5.38. The van der Waals surface area contributed by atoms with Crippen molar-refractivity contribution in [3.8, 4) is 0 Å². The van der Waals surface area contributed by atoms with Crippen molar-refractivity contribution in [2.45, 2.75) is 6.42 Å². The average molecular weight is 230 g/mol. The van der Waals surface area contributed by atoms with Crippen LogP contribution in [0.4, 0.5) is 12.0 Å². The fourth-order valence-corrected chi connectivity index (χ4v) is 1.26. The topological polar surface area (TPSA) is 86.6 Å². The molecular formula is C9H18N4O3. The maximum atomic E-state index is 5.38. The van der Waals surface area contributed by atoms with Gasteiger partial charge in [0.15, 0.2) is 0 Å². The van der Waals surface area contributed by atoms with E-state index in [0.717, 1.165) is 13.0 Å². The third kappa shape index (κ3) is 4.03. The molecule has 0 aliphatic heterocycles. The van der Waals surface area contributed by atoms with E-state index in [4.69, 9.17) is 19.6 Å². The van der Waals surface area contributed by atoms with Gasteiger partial charge in [-0.3, -0.25) is 0 Å². The molecule has 0 bridgehead atoms. The Kier molecular flexibility index (Phi) is 5.58. The molecule has 2 N–H and O–H groups in total. The highest BCUT2D eigenvalue weighted by molar-refractivity contribution is 5.27. The molecule has 0 atom stereocenters. The minimum atomic E-state index is 0.0733. The van der Waals surface area contributed by atoms with Gasteiger partial charge in [-0.2, -0.15) is 0 Å². The number of nitrogens with zero attached hydrogens (tertiary/aromatic N) is 3. The fraction of sp³-hybridized carbons (Fsp3) is 0.778. The number of hydrogen-bond acceptors (Lipinski definition) is 7. The van der Waals surface area contributed by atoms with E-state index in [9.17, 15) is 0 Å². The molecule has 0 spiro atoms. The zero-order valence-electron chi connectivity index (χ0n) is 9.68. The number of nitrogens with two attached hydrogens (primary N) is 1. The maximum Gasteiger partial charge on any atom is 0.319 e. The van der Waals surface area contributed by atoms with E-state index in [1.54, 1.807) is 14.2 Å². The molecule has 0 saturated carbocycles. The van der Waals surface area contributed by atoms with E-state index in [-0.39, 0.29) is 6.01 Å². The summed E-state index contributed by atoms with van der Waals surface area (Å²) in [6.07, 6.45) is 0.877. The quantitative estimate of drug-likeness (QED) is 0.635. The largest absolute Gasteiger partial charge is 0.390 e. The minimum absolute atomic E-state index is 0.0733. The van der Waals surface area contributed by atoms with Crippen LogP contribution in [0.25, 0.3) is 0 Å². The number of rotatable bonds is 8. The molecule has 0 aliphatic rings. The molecule has 1 rings (SSSR count). The predicted octanol–water partition coefficient (Wildman–Crippen LogP) is 0.141. The van der Waals surface area contributed by atoms with E-state index < -0.39 is 0 Å². The summed E-state index contributed by atoms with van der Waals surface area (Å²) in [5, 5.41) is 7.46. The smallest absolute Gasteiger partial charge is 0.319 e. The van der Waals surface area contributed by atoms with Gasteiger partial charge in [0, 0.05) is 33.9 Å². The van der Waals surface area contributed by atoms with E-state index >= 15 is 0 Å². The van der Waals surface area contributed by atoms with Crippen molar-refractivity contribution in [2.24, 2.45) is 0 Å². The van der Waals surface area contributed by atoms with E-state index in [1.807, 2.05) is 4.90 Å².